The number of fused-ring (bicyclic) bond motifs is 1. The predicted octanol–water partition coefficient (Wildman–Crippen LogP) is 7.07. The minimum Gasteiger partial charge on any atom is -0.493 e. The van der Waals surface area contributed by atoms with Crippen LogP contribution in [0.15, 0.2) is 62.9 Å². The summed E-state index contributed by atoms with van der Waals surface area (Å²) >= 11 is 15.5. The van der Waals surface area contributed by atoms with Crippen LogP contribution in [-0.4, -0.2) is 30.1 Å². The summed E-state index contributed by atoms with van der Waals surface area (Å²) in [5, 5.41) is 5.88. The molecule has 0 radical (unpaired) electrons. The first-order valence-corrected chi connectivity index (χ1v) is 12.9. The highest BCUT2D eigenvalue weighted by Gasteiger charge is 2.16. The molecule has 1 aromatic heterocycles. The summed E-state index contributed by atoms with van der Waals surface area (Å²) in [6.45, 7) is 4.15. The van der Waals surface area contributed by atoms with E-state index in [0.717, 1.165) is 10.0 Å². The first kappa shape index (κ1) is 27.0. The van der Waals surface area contributed by atoms with Crippen molar-refractivity contribution in [3.63, 3.8) is 0 Å². The van der Waals surface area contributed by atoms with Crippen LogP contribution < -0.4 is 19.8 Å². The Morgan fingerprint density at radius 2 is 1.73 bits per heavy atom. The van der Waals surface area contributed by atoms with E-state index in [1.54, 1.807) is 36.5 Å². The Kier molecular flexibility index (Phi) is 8.42. The molecule has 0 spiro atoms. The van der Waals surface area contributed by atoms with E-state index in [-0.39, 0.29) is 18.1 Å². The molecule has 4 rings (SSSR count). The summed E-state index contributed by atoms with van der Waals surface area (Å²) in [6.07, 6.45) is 1.56. The summed E-state index contributed by atoms with van der Waals surface area (Å²) in [5.74, 6) is 1.83. The highest BCUT2D eigenvalue weighted by Crippen LogP contribution is 2.39. The fourth-order valence-electron chi connectivity index (χ4n) is 3.68. The molecule has 0 saturated heterocycles. The van der Waals surface area contributed by atoms with Gasteiger partial charge in [-0.15, -0.1) is 0 Å². The van der Waals surface area contributed by atoms with Crippen LogP contribution in [0.1, 0.15) is 36.7 Å². The summed E-state index contributed by atoms with van der Waals surface area (Å²) < 4.78 is 19.3. The lowest BCUT2D eigenvalue weighted by molar-refractivity contribution is 0.266. The normalized spacial score (nSPS) is 11.5. The monoisotopic (exact) mass is 603 g/mol. The Morgan fingerprint density at radius 3 is 2.35 bits per heavy atom. The zero-order chi connectivity index (χ0) is 26.7. The molecule has 10 heteroatoms. The van der Waals surface area contributed by atoms with E-state index in [0.29, 0.717) is 49.6 Å². The second-order valence-electron chi connectivity index (χ2n) is 8.44. The molecule has 4 aromatic rings. The van der Waals surface area contributed by atoms with E-state index in [9.17, 15) is 4.79 Å². The Hall–Kier alpha value is -3.07. The Bertz CT molecular complexity index is 1530. The molecule has 0 aliphatic carbocycles. The van der Waals surface area contributed by atoms with Crippen molar-refractivity contribution in [2.45, 2.75) is 26.4 Å². The predicted molar refractivity (Wildman–Crippen MR) is 151 cm³/mol. The molecule has 3 aromatic carbocycles. The third kappa shape index (κ3) is 5.92. The van der Waals surface area contributed by atoms with Crippen LogP contribution in [-0.2, 0) is 6.61 Å². The van der Waals surface area contributed by atoms with Crippen molar-refractivity contribution in [2.24, 2.45) is 5.10 Å². The molecular formula is C27H24BrCl2N3O4. The van der Waals surface area contributed by atoms with Crippen molar-refractivity contribution in [1.29, 1.82) is 0 Å². The minimum absolute atomic E-state index is 0.0286. The van der Waals surface area contributed by atoms with Crippen LogP contribution in [0.2, 0.25) is 10.0 Å². The molecule has 0 unspecified atom stereocenters. The maximum Gasteiger partial charge on any atom is 0.282 e. The van der Waals surface area contributed by atoms with Gasteiger partial charge in [-0.25, -0.2) is 4.98 Å². The number of rotatable bonds is 8. The van der Waals surface area contributed by atoms with E-state index in [4.69, 9.17) is 37.4 Å². The molecule has 0 fully saturated rings. The maximum atomic E-state index is 13.3. The molecule has 192 valence electrons. The lowest BCUT2D eigenvalue weighted by Gasteiger charge is -2.16. The molecular weight excluding hydrogens is 581 g/mol. The molecule has 1 heterocycles. The third-order valence-corrected chi connectivity index (χ3v) is 6.75. The number of aromatic nitrogens is 2. The number of ether oxygens (including phenoxy) is 3. The van der Waals surface area contributed by atoms with Crippen LogP contribution in [0.5, 0.6) is 17.2 Å². The number of hydrogen-bond donors (Lipinski definition) is 0. The highest BCUT2D eigenvalue weighted by molar-refractivity contribution is 9.10. The summed E-state index contributed by atoms with van der Waals surface area (Å²) in [7, 11) is 3.07. The molecule has 0 atom stereocenters. The number of halogens is 3. The van der Waals surface area contributed by atoms with Gasteiger partial charge in [0, 0.05) is 16.0 Å². The maximum absolute atomic E-state index is 13.3. The molecule has 0 N–H and O–H groups in total. The molecule has 0 aliphatic rings. The van der Waals surface area contributed by atoms with E-state index >= 15 is 0 Å². The molecule has 7 nitrogen and oxygen atoms in total. The van der Waals surface area contributed by atoms with Crippen molar-refractivity contribution >= 4 is 56.2 Å². The summed E-state index contributed by atoms with van der Waals surface area (Å²) in [4.78, 5) is 18.0. The first-order chi connectivity index (χ1) is 17.7. The summed E-state index contributed by atoms with van der Waals surface area (Å²) in [6, 6.07) is 14.2. The van der Waals surface area contributed by atoms with E-state index in [1.807, 2.05) is 32.0 Å². The van der Waals surface area contributed by atoms with Gasteiger partial charge in [0.25, 0.3) is 5.56 Å². The largest absolute Gasteiger partial charge is 0.493 e. The van der Waals surface area contributed by atoms with Crippen molar-refractivity contribution in [3.8, 4) is 17.2 Å². The molecule has 0 bridgehead atoms. The second kappa shape index (κ2) is 11.5. The topological polar surface area (TPSA) is 74.9 Å². The molecule has 37 heavy (non-hydrogen) atoms. The van der Waals surface area contributed by atoms with Crippen molar-refractivity contribution in [3.05, 3.63) is 90.4 Å². The SMILES string of the molecule is COc1cc(C=Nn2c(C(C)C)nc3ccc(Br)cc3c2=O)cc(OC)c1OCc1ccc(Cl)c(Cl)c1. The van der Waals surface area contributed by atoms with Gasteiger partial charge in [-0.3, -0.25) is 4.79 Å². The second-order valence-corrected chi connectivity index (χ2v) is 10.2. The Balaban J connectivity index is 1.70. The van der Waals surface area contributed by atoms with Crippen molar-refractivity contribution in [1.82, 2.24) is 9.66 Å². The lowest BCUT2D eigenvalue weighted by atomic mass is 10.2. The van der Waals surface area contributed by atoms with Crippen molar-refractivity contribution in [2.75, 3.05) is 14.2 Å². The number of methoxy groups -OCH3 is 2. The van der Waals surface area contributed by atoms with Gasteiger partial charge in [0.2, 0.25) is 5.75 Å². The van der Waals surface area contributed by atoms with E-state index in [2.05, 4.69) is 26.0 Å². The zero-order valence-corrected chi connectivity index (χ0v) is 23.7. The van der Waals surface area contributed by atoms with Crippen molar-refractivity contribution < 1.29 is 14.2 Å². The van der Waals surface area contributed by atoms with Crippen LogP contribution in [0.25, 0.3) is 10.9 Å². The average molecular weight is 605 g/mol. The molecule has 0 aliphatic heterocycles. The van der Waals surface area contributed by atoms with Gasteiger partial charge in [0.05, 0.1) is 41.4 Å². The van der Waals surface area contributed by atoms with Gasteiger partial charge in [-0.05, 0) is 48.0 Å². The quantitative estimate of drug-likeness (QED) is 0.201. The first-order valence-electron chi connectivity index (χ1n) is 11.3. The lowest BCUT2D eigenvalue weighted by Crippen LogP contribution is -2.23. The fourth-order valence-corrected chi connectivity index (χ4v) is 4.36. The average Bonchev–Trinajstić information content (AvgIpc) is 2.88. The standard InChI is InChI=1S/C27H24BrCl2N3O4/c1-15(2)26-32-22-8-6-18(28)12-19(22)27(34)33(26)31-13-17-10-23(35-3)25(24(11-17)36-4)37-14-16-5-7-20(29)21(30)9-16/h5-13,15H,14H2,1-4H3. The number of benzene rings is 3. The fraction of sp³-hybridized carbons (Fsp3) is 0.222. The number of hydrogen-bond acceptors (Lipinski definition) is 6. The van der Waals surface area contributed by atoms with Crippen LogP contribution >= 0.6 is 39.1 Å². The van der Waals surface area contributed by atoms with Crippen LogP contribution in [0, 0.1) is 0 Å². The van der Waals surface area contributed by atoms with Gasteiger partial charge in [0.15, 0.2) is 11.5 Å². The van der Waals surface area contributed by atoms with Gasteiger partial charge in [0.1, 0.15) is 12.4 Å². The zero-order valence-electron chi connectivity index (χ0n) is 20.6. The van der Waals surface area contributed by atoms with Gasteiger partial charge in [-0.1, -0.05) is 59.0 Å². The third-order valence-electron chi connectivity index (χ3n) is 5.52. The van der Waals surface area contributed by atoms with E-state index < -0.39 is 0 Å². The summed E-state index contributed by atoms with van der Waals surface area (Å²) in [5.41, 5.74) is 1.84. The Morgan fingerprint density at radius 1 is 1.03 bits per heavy atom. The highest BCUT2D eigenvalue weighted by atomic mass is 79.9. The van der Waals surface area contributed by atoms with Crippen LogP contribution in [0.3, 0.4) is 0 Å². The number of nitrogens with zero attached hydrogens (tertiary/aromatic N) is 3. The van der Waals surface area contributed by atoms with Gasteiger partial charge >= 0.3 is 0 Å². The van der Waals surface area contributed by atoms with Gasteiger partial charge < -0.3 is 14.2 Å². The molecule has 0 saturated carbocycles. The smallest absolute Gasteiger partial charge is 0.282 e. The van der Waals surface area contributed by atoms with Crippen LogP contribution in [0.4, 0.5) is 0 Å². The molecule has 0 amide bonds. The Labute approximate surface area is 232 Å². The minimum atomic E-state index is -0.258. The van der Waals surface area contributed by atoms with E-state index in [1.165, 1.54) is 18.9 Å². The van der Waals surface area contributed by atoms with Gasteiger partial charge in [-0.2, -0.15) is 9.78 Å².